The van der Waals surface area contributed by atoms with Crippen LogP contribution in [0, 0.1) is 46.5 Å². The van der Waals surface area contributed by atoms with Crippen molar-refractivity contribution in [1.82, 2.24) is 4.31 Å². The number of nitrogens with zero attached hydrogens (tertiary/aromatic N) is 2. The first-order valence-electron chi connectivity index (χ1n) is 17.3. The smallest absolute Gasteiger partial charge is 0.335 e. The number of carboxylic acids is 1. The fourth-order valence-electron chi connectivity index (χ4n) is 6.02. The van der Waals surface area contributed by atoms with E-state index in [0.29, 0.717) is 18.4 Å². The second-order valence-corrected chi connectivity index (χ2v) is 16.7. The number of carbonyl (C=O) groups is 2. The Labute approximate surface area is 316 Å². The minimum Gasteiger partial charge on any atom is -0.488 e. The highest BCUT2D eigenvalue weighted by Gasteiger charge is 2.40. The zero-order chi connectivity index (χ0) is 41.0. The van der Waals surface area contributed by atoms with Gasteiger partial charge in [0.2, 0.25) is 21.7 Å². The summed E-state index contributed by atoms with van der Waals surface area (Å²) in [5, 5.41) is 9.72. The number of benzene rings is 4. The molecule has 56 heavy (non-hydrogen) atoms. The molecular formula is C39H34F8N2O6S. The van der Waals surface area contributed by atoms with Gasteiger partial charge in [-0.3, -0.25) is 4.79 Å². The highest BCUT2D eigenvalue weighted by atomic mass is 32.2. The van der Waals surface area contributed by atoms with Gasteiger partial charge in [-0.25, -0.2) is 48.3 Å². The van der Waals surface area contributed by atoms with Crippen LogP contribution >= 0.6 is 0 Å². The molecule has 1 N–H and O–H groups in total. The molecule has 4 aromatic carbocycles. The SMILES string of the molecule is CC(C)(C)c1cc(CN(C(=O)CN(Cc2c(F)cc(F)cc2F)S(=O)(=O)c2c(F)c(F)c(F)c(F)c2F)c2ccc(C(=O)O)cc2OC2CC2)cc(C2CC2)c1. The van der Waals surface area contributed by atoms with Crippen molar-refractivity contribution in [2.45, 2.75) is 81.9 Å². The van der Waals surface area contributed by atoms with E-state index in [0.717, 1.165) is 41.0 Å². The summed E-state index contributed by atoms with van der Waals surface area (Å²) in [5.41, 5.74) is 0.311. The van der Waals surface area contributed by atoms with Crippen molar-refractivity contribution in [2.24, 2.45) is 0 Å². The maximum Gasteiger partial charge on any atom is 0.335 e. The first-order valence-corrected chi connectivity index (χ1v) is 18.7. The van der Waals surface area contributed by atoms with Gasteiger partial charge in [-0.05, 0) is 71.9 Å². The van der Waals surface area contributed by atoms with Gasteiger partial charge in [0.15, 0.2) is 28.2 Å². The van der Waals surface area contributed by atoms with Crippen LogP contribution in [0.25, 0.3) is 0 Å². The maximum atomic E-state index is 15.1. The molecule has 0 unspecified atom stereocenters. The Kier molecular flexibility index (Phi) is 11.0. The molecule has 0 radical (unpaired) electrons. The number of anilines is 1. The normalized spacial score (nSPS) is 14.6. The molecule has 2 saturated carbocycles. The minimum absolute atomic E-state index is 0.103. The van der Waals surface area contributed by atoms with Crippen molar-refractivity contribution in [3.63, 3.8) is 0 Å². The molecule has 0 saturated heterocycles. The van der Waals surface area contributed by atoms with E-state index >= 15 is 8.78 Å². The van der Waals surface area contributed by atoms with Crippen LogP contribution in [0.3, 0.4) is 0 Å². The first-order chi connectivity index (χ1) is 26.2. The van der Waals surface area contributed by atoms with E-state index in [1.165, 1.54) is 6.07 Å². The monoisotopic (exact) mass is 810 g/mol. The van der Waals surface area contributed by atoms with E-state index in [9.17, 15) is 49.5 Å². The lowest BCUT2D eigenvalue weighted by molar-refractivity contribution is -0.119. The first kappa shape index (κ1) is 40.6. The predicted octanol–water partition coefficient (Wildman–Crippen LogP) is 8.64. The Bertz CT molecular complexity index is 2310. The summed E-state index contributed by atoms with van der Waals surface area (Å²) < 4.78 is 150. The minimum atomic E-state index is -6.07. The van der Waals surface area contributed by atoms with Gasteiger partial charge in [-0.1, -0.05) is 39.0 Å². The second kappa shape index (κ2) is 15.1. The molecule has 0 heterocycles. The molecule has 17 heteroatoms. The molecule has 2 aliphatic carbocycles. The van der Waals surface area contributed by atoms with Crippen molar-refractivity contribution in [3.8, 4) is 5.75 Å². The van der Waals surface area contributed by atoms with Crippen LogP contribution in [0.15, 0.2) is 53.4 Å². The average Bonchev–Trinajstić information content (AvgIpc) is 4.05. The molecule has 0 bridgehead atoms. The number of carbonyl (C=O) groups excluding carboxylic acids is 1. The van der Waals surface area contributed by atoms with Gasteiger partial charge >= 0.3 is 5.97 Å². The number of rotatable bonds is 13. The number of halogens is 8. The fourth-order valence-corrected chi connectivity index (χ4v) is 7.49. The number of hydrogen-bond donors (Lipinski definition) is 1. The topological polar surface area (TPSA) is 104 Å². The van der Waals surface area contributed by atoms with Crippen molar-refractivity contribution >= 4 is 27.6 Å². The van der Waals surface area contributed by atoms with Crippen LogP contribution in [-0.4, -0.2) is 42.4 Å². The Morgan fingerprint density at radius 1 is 0.786 bits per heavy atom. The van der Waals surface area contributed by atoms with Crippen LogP contribution in [0.2, 0.25) is 0 Å². The quantitative estimate of drug-likeness (QED) is 0.0825. The predicted molar refractivity (Wildman–Crippen MR) is 186 cm³/mol. The van der Waals surface area contributed by atoms with Gasteiger partial charge in [0, 0.05) is 24.2 Å². The number of sulfonamides is 1. The van der Waals surface area contributed by atoms with Crippen molar-refractivity contribution in [1.29, 1.82) is 0 Å². The fraction of sp³-hybridized carbons (Fsp3) is 0.333. The summed E-state index contributed by atoms with van der Waals surface area (Å²) in [6.07, 6.45) is 2.56. The van der Waals surface area contributed by atoms with Crippen LogP contribution in [0.1, 0.15) is 85.0 Å². The standard InChI is InChI=1S/C39H34F8N2O6S/c1-39(2,3)23-11-19(10-22(12-23)20-4-5-20)16-49(29-9-6-21(38(51)52)13-30(29)55-25-7-8-25)31(50)18-48(17-26-27(41)14-24(40)15-28(26)42)56(53,54)37-35(46)33(44)32(43)34(45)36(37)47/h6,9-15,20,25H,4-5,7-8,16-18H2,1-3H3,(H,51,52). The number of aromatic carboxylic acids is 1. The third-order valence-electron chi connectivity index (χ3n) is 9.41. The number of carboxylic acid groups (broad SMARTS) is 1. The number of ether oxygens (including phenoxy) is 1. The van der Waals surface area contributed by atoms with Crippen molar-refractivity contribution in [2.75, 3.05) is 11.4 Å². The third-order valence-corrected chi connectivity index (χ3v) is 11.2. The van der Waals surface area contributed by atoms with Crippen LogP contribution in [0.4, 0.5) is 40.8 Å². The Balaban J connectivity index is 1.52. The van der Waals surface area contributed by atoms with Crippen LogP contribution in [0.5, 0.6) is 5.75 Å². The van der Waals surface area contributed by atoms with Crippen LogP contribution < -0.4 is 9.64 Å². The number of amides is 1. The van der Waals surface area contributed by atoms with Crippen molar-refractivity contribution in [3.05, 3.63) is 123 Å². The van der Waals surface area contributed by atoms with E-state index in [1.54, 1.807) is 6.07 Å². The molecule has 1 amide bonds. The molecule has 2 aliphatic rings. The molecule has 8 nitrogen and oxygen atoms in total. The van der Waals surface area contributed by atoms with Crippen molar-refractivity contribution < 1.29 is 63.0 Å². The molecule has 6 rings (SSSR count). The molecule has 2 fully saturated rings. The molecule has 298 valence electrons. The lowest BCUT2D eigenvalue weighted by Crippen LogP contribution is -2.43. The Morgan fingerprint density at radius 3 is 1.91 bits per heavy atom. The van der Waals surface area contributed by atoms with E-state index in [2.05, 4.69) is 0 Å². The van der Waals surface area contributed by atoms with E-state index in [-0.39, 0.29) is 52.0 Å². The molecule has 0 spiro atoms. The lowest BCUT2D eigenvalue weighted by atomic mass is 9.84. The zero-order valence-corrected chi connectivity index (χ0v) is 30.9. The average molecular weight is 811 g/mol. The molecular weight excluding hydrogens is 776 g/mol. The largest absolute Gasteiger partial charge is 0.488 e. The highest BCUT2D eigenvalue weighted by molar-refractivity contribution is 7.89. The molecule has 0 aliphatic heterocycles. The van der Waals surface area contributed by atoms with E-state index in [1.807, 2.05) is 32.9 Å². The molecule has 0 atom stereocenters. The summed E-state index contributed by atoms with van der Waals surface area (Å²) in [5.74, 6) is -21.0. The zero-order valence-electron chi connectivity index (χ0n) is 30.0. The van der Waals surface area contributed by atoms with Gasteiger partial charge in [0.1, 0.15) is 23.2 Å². The third kappa shape index (κ3) is 8.38. The summed E-state index contributed by atoms with van der Waals surface area (Å²) in [6.45, 7) is 2.35. The second-order valence-electron chi connectivity index (χ2n) is 14.8. The van der Waals surface area contributed by atoms with E-state index < -0.39 is 97.4 Å². The highest BCUT2D eigenvalue weighted by Crippen LogP contribution is 2.43. The lowest BCUT2D eigenvalue weighted by Gasteiger charge is -2.30. The Hall–Kier alpha value is -5.03. The van der Waals surface area contributed by atoms with E-state index in [4.69, 9.17) is 4.74 Å². The number of hydrogen-bond acceptors (Lipinski definition) is 5. The molecule has 0 aromatic heterocycles. The summed E-state index contributed by atoms with van der Waals surface area (Å²) in [4.78, 5) is 25.1. The van der Waals surface area contributed by atoms with Gasteiger partial charge in [-0.15, -0.1) is 0 Å². The van der Waals surface area contributed by atoms with Gasteiger partial charge in [-0.2, -0.15) is 4.31 Å². The van der Waals surface area contributed by atoms with Gasteiger partial charge < -0.3 is 14.7 Å². The maximum absolute atomic E-state index is 15.1. The van der Waals surface area contributed by atoms with Gasteiger partial charge in [0.25, 0.3) is 0 Å². The Morgan fingerprint density at radius 2 is 1.38 bits per heavy atom. The summed E-state index contributed by atoms with van der Waals surface area (Å²) in [6, 6.07) is 9.38. The summed E-state index contributed by atoms with van der Waals surface area (Å²) >= 11 is 0. The van der Waals surface area contributed by atoms with Crippen LogP contribution in [-0.2, 0) is 33.3 Å². The van der Waals surface area contributed by atoms with Gasteiger partial charge in [0.05, 0.1) is 30.4 Å². The summed E-state index contributed by atoms with van der Waals surface area (Å²) in [7, 11) is -6.07. The molecule has 4 aromatic rings.